The summed E-state index contributed by atoms with van der Waals surface area (Å²) in [6.07, 6.45) is 10.9. The Kier molecular flexibility index (Phi) is 4.40. The monoisotopic (exact) mass is 281 g/mol. The van der Waals surface area contributed by atoms with Gasteiger partial charge >= 0.3 is 0 Å². The second kappa shape index (κ2) is 5.94. The van der Waals surface area contributed by atoms with E-state index in [-0.39, 0.29) is 5.60 Å². The smallest absolute Gasteiger partial charge is 0.0689 e. The van der Waals surface area contributed by atoms with E-state index in [9.17, 15) is 5.11 Å². The summed E-state index contributed by atoms with van der Waals surface area (Å²) in [7, 11) is 0. The van der Waals surface area contributed by atoms with E-state index < -0.39 is 5.60 Å². The first kappa shape index (κ1) is 14.8. The van der Waals surface area contributed by atoms with Crippen LogP contribution in [0.1, 0.15) is 64.7 Å². The van der Waals surface area contributed by atoms with Crippen molar-refractivity contribution in [2.45, 2.75) is 75.9 Å². The van der Waals surface area contributed by atoms with Crippen molar-refractivity contribution in [1.29, 1.82) is 0 Å². The quantitative estimate of drug-likeness (QED) is 0.818. The Morgan fingerprint density at radius 2 is 1.90 bits per heavy atom. The van der Waals surface area contributed by atoms with E-state index in [1.807, 2.05) is 0 Å². The molecule has 3 heteroatoms. The molecule has 2 aliphatic heterocycles. The predicted octanol–water partition coefficient (Wildman–Crippen LogP) is 2.87. The molecule has 3 nitrogen and oxygen atoms in total. The van der Waals surface area contributed by atoms with Gasteiger partial charge in [0.2, 0.25) is 0 Å². The maximum Gasteiger partial charge on any atom is 0.0689 e. The number of piperidine rings is 1. The molecule has 2 N–H and O–H groups in total. The molecule has 0 aromatic rings. The second-order valence-corrected chi connectivity index (χ2v) is 7.55. The summed E-state index contributed by atoms with van der Waals surface area (Å²) >= 11 is 0. The summed E-state index contributed by atoms with van der Waals surface area (Å²) in [4.78, 5) is 0. The normalized spacial score (nSPS) is 37.5. The van der Waals surface area contributed by atoms with Crippen LogP contribution in [0.15, 0.2) is 0 Å². The third kappa shape index (κ3) is 2.90. The summed E-state index contributed by atoms with van der Waals surface area (Å²) < 4.78 is 6.19. The molecule has 1 saturated carbocycles. The van der Waals surface area contributed by atoms with Gasteiger partial charge in [-0.25, -0.2) is 0 Å². The fraction of sp³-hybridized carbons (Fsp3) is 1.00. The van der Waals surface area contributed by atoms with Gasteiger partial charge in [0, 0.05) is 19.1 Å². The highest BCUT2D eigenvalue weighted by Crippen LogP contribution is 2.46. The van der Waals surface area contributed by atoms with Gasteiger partial charge in [-0.05, 0) is 57.9 Å². The molecule has 1 spiro atoms. The number of nitrogens with one attached hydrogen (secondary N) is 1. The van der Waals surface area contributed by atoms with Crippen LogP contribution in [0.5, 0.6) is 0 Å². The van der Waals surface area contributed by atoms with Crippen LogP contribution in [-0.2, 0) is 4.74 Å². The fourth-order valence-corrected chi connectivity index (χ4v) is 4.76. The van der Waals surface area contributed by atoms with Crippen LogP contribution in [0, 0.1) is 11.8 Å². The molecule has 3 atom stereocenters. The topological polar surface area (TPSA) is 41.5 Å². The average molecular weight is 281 g/mol. The Hall–Kier alpha value is -0.120. The molecular weight excluding hydrogens is 250 g/mol. The molecule has 3 unspecified atom stereocenters. The van der Waals surface area contributed by atoms with Gasteiger partial charge in [-0.1, -0.05) is 19.3 Å². The first-order chi connectivity index (χ1) is 9.62. The van der Waals surface area contributed by atoms with Crippen LogP contribution in [0.2, 0.25) is 0 Å². The Balaban J connectivity index is 1.68. The molecular formula is C17H31NO2. The first-order valence-electron chi connectivity index (χ1n) is 8.69. The third-order valence-corrected chi connectivity index (χ3v) is 6.21. The van der Waals surface area contributed by atoms with Crippen molar-refractivity contribution >= 4 is 0 Å². The lowest BCUT2D eigenvalue weighted by Crippen LogP contribution is -2.54. The molecule has 116 valence electrons. The van der Waals surface area contributed by atoms with Gasteiger partial charge in [0.1, 0.15) is 0 Å². The molecule has 3 fully saturated rings. The molecule has 3 aliphatic rings. The standard InChI is InChI=1S/C17H31NO2/c1-16(19,15-6-5-10-18-13-15)14-7-11-20-17(12-14)8-3-2-4-9-17/h14-15,18-19H,2-13H2,1H3. The highest BCUT2D eigenvalue weighted by atomic mass is 16.5. The van der Waals surface area contributed by atoms with Crippen molar-refractivity contribution in [2.24, 2.45) is 11.8 Å². The number of rotatable bonds is 2. The van der Waals surface area contributed by atoms with E-state index in [0.717, 1.165) is 32.5 Å². The van der Waals surface area contributed by atoms with Crippen LogP contribution in [0.4, 0.5) is 0 Å². The molecule has 20 heavy (non-hydrogen) atoms. The van der Waals surface area contributed by atoms with E-state index in [2.05, 4.69) is 12.2 Å². The highest BCUT2D eigenvalue weighted by Gasteiger charge is 2.47. The van der Waals surface area contributed by atoms with Crippen molar-refractivity contribution in [3.63, 3.8) is 0 Å². The molecule has 2 saturated heterocycles. The second-order valence-electron chi connectivity index (χ2n) is 7.55. The molecule has 0 aromatic heterocycles. The van der Waals surface area contributed by atoms with E-state index in [4.69, 9.17) is 4.74 Å². The summed E-state index contributed by atoms with van der Waals surface area (Å²) in [5, 5.41) is 14.6. The van der Waals surface area contributed by atoms with Crippen LogP contribution in [0.3, 0.4) is 0 Å². The minimum atomic E-state index is -0.526. The Bertz CT molecular complexity index is 311. The molecule has 3 rings (SSSR count). The van der Waals surface area contributed by atoms with Crippen LogP contribution >= 0.6 is 0 Å². The zero-order valence-electron chi connectivity index (χ0n) is 13.0. The van der Waals surface area contributed by atoms with E-state index >= 15 is 0 Å². The fourth-order valence-electron chi connectivity index (χ4n) is 4.76. The highest BCUT2D eigenvalue weighted by molar-refractivity contribution is 4.98. The van der Waals surface area contributed by atoms with E-state index in [1.165, 1.54) is 44.9 Å². The van der Waals surface area contributed by atoms with Gasteiger partial charge in [-0.15, -0.1) is 0 Å². The molecule has 1 aliphatic carbocycles. The average Bonchev–Trinajstić information content (AvgIpc) is 2.49. The lowest BCUT2D eigenvalue weighted by molar-refractivity contribution is -0.166. The SMILES string of the molecule is CC(O)(C1CCCNC1)C1CCOC2(CCCCC2)C1. The van der Waals surface area contributed by atoms with E-state index in [1.54, 1.807) is 0 Å². The van der Waals surface area contributed by atoms with Gasteiger partial charge in [-0.3, -0.25) is 0 Å². The minimum absolute atomic E-state index is 0.104. The zero-order valence-corrected chi connectivity index (χ0v) is 13.0. The third-order valence-electron chi connectivity index (χ3n) is 6.21. The van der Waals surface area contributed by atoms with Gasteiger partial charge in [0.25, 0.3) is 0 Å². The van der Waals surface area contributed by atoms with Crippen LogP contribution in [0.25, 0.3) is 0 Å². The zero-order chi connectivity index (χ0) is 14.1. The number of aliphatic hydroxyl groups is 1. The molecule has 0 radical (unpaired) electrons. The minimum Gasteiger partial charge on any atom is -0.390 e. The summed E-state index contributed by atoms with van der Waals surface area (Å²) in [5.74, 6) is 0.833. The van der Waals surface area contributed by atoms with E-state index in [0.29, 0.717) is 11.8 Å². The number of hydrogen-bond donors (Lipinski definition) is 2. The molecule has 0 aromatic carbocycles. The maximum atomic E-state index is 11.2. The van der Waals surface area contributed by atoms with Crippen molar-refractivity contribution in [2.75, 3.05) is 19.7 Å². The Morgan fingerprint density at radius 1 is 1.10 bits per heavy atom. The number of ether oxygens (including phenoxy) is 1. The van der Waals surface area contributed by atoms with Gasteiger partial charge in [0.15, 0.2) is 0 Å². The first-order valence-corrected chi connectivity index (χ1v) is 8.69. The van der Waals surface area contributed by atoms with Crippen molar-refractivity contribution in [3.8, 4) is 0 Å². The van der Waals surface area contributed by atoms with Crippen molar-refractivity contribution < 1.29 is 9.84 Å². The van der Waals surface area contributed by atoms with Crippen molar-refractivity contribution in [1.82, 2.24) is 5.32 Å². The largest absolute Gasteiger partial charge is 0.390 e. The molecule has 2 heterocycles. The van der Waals surface area contributed by atoms with Crippen LogP contribution < -0.4 is 5.32 Å². The Morgan fingerprint density at radius 3 is 2.60 bits per heavy atom. The number of hydrogen-bond acceptors (Lipinski definition) is 3. The molecule has 0 amide bonds. The lowest BCUT2D eigenvalue weighted by Gasteiger charge is -2.50. The molecule has 0 bridgehead atoms. The lowest BCUT2D eigenvalue weighted by atomic mass is 9.66. The van der Waals surface area contributed by atoms with Crippen LogP contribution in [-0.4, -0.2) is 36.0 Å². The predicted molar refractivity (Wildman–Crippen MR) is 80.7 cm³/mol. The summed E-state index contributed by atoms with van der Waals surface area (Å²) in [6, 6.07) is 0. The summed E-state index contributed by atoms with van der Waals surface area (Å²) in [5.41, 5.74) is -0.422. The maximum absolute atomic E-state index is 11.2. The van der Waals surface area contributed by atoms with Crippen molar-refractivity contribution in [3.05, 3.63) is 0 Å². The summed E-state index contributed by atoms with van der Waals surface area (Å²) in [6.45, 7) is 5.04. The Labute approximate surface area is 123 Å². The van der Waals surface area contributed by atoms with Gasteiger partial charge in [-0.2, -0.15) is 0 Å². The van der Waals surface area contributed by atoms with Gasteiger partial charge < -0.3 is 15.2 Å². The van der Waals surface area contributed by atoms with Gasteiger partial charge in [0.05, 0.1) is 11.2 Å².